The number of benzene rings is 3. The second-order valence-electron chi connectivity index (χ2n) is 10.2. The Bertz CT molecular complexity index is 1570. The van der Waals surface area contributed by atoms with Crippen molar-refractivity contribution in [3.05, 3.63) is 95.1 Å². The maximum Gasteiger partial charge on any atom is 0.240 e. The zero-order valence-electron chi connectivity index (χ0n) is 24.4. The lowest BCUT2D eigenvalue weighted by molar-refractivity contribution is -0.122. The van der Waals surface area contributed by atoms with E-state index in [0.29, 0.717) is 25.4 Å². The van der Waals surface area contributed by atoms with Crippen molar-refractivity contribution < 1.29 is 19.1 Å². The molecular formula is C33H36N4O4S. The molecule has 1 N–H and O–H groups in total. The van der Waals surface area contributed by atoms with Gasteiger partial charge in [-0.3, -0.25) is 14.5 Å². The minimum absolute atomic E-state index is 0.122. The molecule has 0 aliphatic carbocycles. The van der Waals surface area contributed by atoms with Crippen LogP contribution in [0.4, 0.5) is 5.82 Å². The number of hydrogen-bond donors (Lipinski definition) is 1. The van der Waals surface area contributed by atoms with Crippen LogP contribution in [0.5, 0.6) is 5.75 Å². The Balaban J connectivity index is 1.76. The van der Waals surface area contributed by atoms with E-state index in [2.05, 4.69) is 25.2 Å². The molecule has 2 heterocycles. The largest absolute Gasteiger partial charge is 0.496 e. The predicted octanol–water partition coefficient (Wildman–Crippen LogP) is 5.49. The third-order valence-corrected chi connectivity index (χ3v) is 8.75. The Labute approximate surface area is 251 Å². The topological polar surface area (TPSA) is 85.7 Å². The number of thioether (sulfide) groups is 1. The normalized spacial score (nSPS) is 14.8. The summed E-state index contributed by atoms with van der Waals surface area (Å²) in [7, 11) is 3.29. The van der Waals surface area contributed by atoms with Crippen molar-refractivity contribution in [1.29, 1.82) is 0 Å². The standard InChI is InChI=1S/C33H36N4O4S/c1-22-12-10-16-26(23(22)2)37-33-30(31(35-37)24-13-6-5-7-14-24)32(25-15-8-9-17-27(25)41-4)42-21-29(39)36(33)20-28(38)34-18-11-19-40-3/h5-10,12-17,32H,11,18-21H2,1-4H3,(H,34,38). The second kappa shape index (κ2) is 13.3. The quantitative estimate of drug-likeness (QED) is 0.248. The molecule has 218 valence electrons. The van der Waals surface area contributed by atoms with Crippen molar-refractivity contribution in [2.24, 2.45) is 0 Å². The molecule has 3 aromatic carbocycles. The SMILES string of the molecule is COCCCNC(=O)CN1C(=O)CSC(c2ccccc2OC)c2c(-c3ccccc3)nn(-c3cccc(C)c3C)c21. The van der Waals surface area contributed by atoms with Gasteiger partial charge in [0.15, 0.2) is 0 Å². The molecule has 1 atom stereocenters. The van der Waals surface area contributed by atoms with E-state index in [-0.39, 0.29) is 29.4 Å². The van der Waals surface area contributed by atoms with E-state index in [9.17, 15) is 9.59 Å². The number of carbonyl (C=O) groups is 2. The van der Waals surface area contributed by atoms with Crippen LogP contribution in [0.2, 0.25) is 0 Å². The van der Waals surface area contributed by atoms with Crippen LogP contribution in [0.25, 0.3) is 16.9 Å². The third kappa shape index (κ3) is 5.93. The van der Waals surface area contributed by atoms with Gasteiger partial charge in [0.25, 0.3) is 0 Å². The van der Waals surface area contributed by atoms with Gasteiger partial charge in [0, 0.05) is 37.0 Å². The molecule has 1 aliphatic rings. The monoisotopic (exact) mass is 584 g/mol. The average molecular weight is 585 g/mol. The lowest BCUT2D eigenvalue weighted by atomic mass is 9.98. The molecule has 1 aromatic heterocycles. The van der Waals surface area contributed by atoms with E-state index >= 15 is 0 Å². The van der Waals surface area contributed by atoms with Gasteiger partial charge in [-0.25, -0.2) is 4.68 Å². The molecular weight excluding hydrogens is 548 g/mol. The maximum atomic E-state index is 13.9. The number of aryl methyl sites for hydroxylation is 1. The summed E-state index contributed by atoms with van der Waals surface area (Å²) in [5, 5.41) is 7.88. The van der Waals surface area contributed by atoms with Gasteiger partial charge in [-0.15, -0.1) is 11.8 Å². The number of fused-ring (bicyclic) bond motifs is 1. The zero-order chi connectivity index (χ0) is 29.6. The fourth-order valence-corrected chi connectivity index (χ4v) is 6.46. The van der Waals surface area contributed by atoms with Gasteiger partial charge in [0.05, 0.1) is 29.5 Å². The highest BCUT2D eigenvalue weighted by Gasteiger charge is 2.38. The smallest absolute Gasteiger partial charge is 0.240 e. The zero-order valence-corrected chi connectivity index (χ0v) is 25.2. The first-order chi connectivity index (χ1) is 20.4. The summed E-state index contributed by atoms with van der Waals surface area (Å²) < 4.78 is 12.8. The van der Waals surface area contributed by atoms with Gasteiger partial charge in [-0.1, -0.05) is 60.7 Å². The van der Waals surface area contributed by atoms with Crippen molar-refractivity contribution in [3.8, 4) is 22.7 Å². The molecule has 5 rings (SSSR count). The van der Waals surface area contributed by atoms with E-state index in [1.54, 1.807) is 19.1 Å². The summed E-state index contributed by atoms with van der Waals surface area (Å²) in [5.74, 6) is 1.13. The first kappa shape index (κ1) is 29.4. The van der Waals surface area contributed by atoms with Crippen LogP contribution in [0, 0.1) is 13.8 Å². The summed E-state index contributed by atoms with van der Waals surface area (Å²) in [6.45, 7) is 5.00. The summed E-state index contributed by atoms with van der Waals surface area (Å²) in [6, 6.07) is 23.9. The number of amides is 2. The van der Waals surface area contributed by atoms with E-state index in [4.69, 9.17) is 14.6 Å². The number of para-hydroxylation sites is 1. The van der Waals surface area contributed by atoms with Crippen molar-refractivity contribution >= 4 is 29.4 Å². The Morgan fingerprint density at radius 2 is 1.79 bits per heavy atom. The highest BCUT2D eigenvalue weighted by Crippen LogP contribution is 2.50. The molecule has 4 aromatic rings. The number of nitrogens with one attached hydrogen (secondary N) is 1. The molecule has 0 saturated heterocycles. The minimum Gasteiger partial charge on any atom is -0.496 e. The van der Waals surface area contributed by atoms with E-state index < -0.39 is 0 Å². The van der Waals surface area contributed by atoms with E-state index in [0.717, 1.165) is 44.9 Å². The van der Waals surface area contributed by atoms with Gasteiger partial charge in [0.2, 0.25) is 11.8 Å². The molecule has 0 radical (unpaired) electrons. The molecule has 0 spiro atoms. The minimum atomic E-state index is -0.274. The summed E-state index contributed by atoms with van der Waals surface area (Å²) >= 11 is 1.52. The van der Waals surface area contributed by atoms with Gasteiger partial charge in [-0.2, -0.15) is 5.10 Å². The first-order valence-corrected chi connectivity index (χ1v) is 15.0. The van der Waals surface area contributed by atoms with Crippen molar-refractivity contribution in [2.75, 3.05) is 44.6 Å². The number of aromatic nitrogens is 2. The molecule has 2 amide bonds. The van der Waals surface area contributed by atoms with Gasteiger partial charge < -0.3 is 14.8 Å². The van der Waals surface area contributed by atoms with Gasteiger partial charge in [-0.05, 0) is 43.5 Å². The van der Waals surface area contributed by atoms with Crippen LogP contribution in [0.1, 0.15) is 33.9 Å². The van der Waals surface area contributed by atoms with Crippen LogP contribution < -0.4 is 15.0 Å². The lowest BCUT2D eigenvalue weighted by Crippen LogP contribution is -2.42. The number of rotatable bonds is 10. The van der Waals surface area contributed by atoms with Crippen LogP contribution in [0.15, 0.2) is 72.8 Å². The molecule has 9 heteroatoms. The molecule has 1 unspecified atom stereocenters. The fourth-order valence-electron chi connectivity index (χ4n) is 5.23. The molecule has 0 bridgehead atoms. The van der Waals surface area contributed by atoms with Gasteiger partial charge in [0.1, 0.15) is 18.1 Å². The predicted molar refractivity (Wildman–Crippen MR) is 168 cm³/mol. The van der Waals surface area contributed by atoms with Crippen LogP contribution in [0.3, 0.4) is 0 Å². The third-order valence-electron chi connectivity index (χ3n) is 7.51. The Hall–Kier alpha value is -4.08. The highest BCUT2D eigenvalue weighted by molar-refractivity contribution is 8.00. The fraction of sp³-hybridized carbons (Fsp3) is 0.303. The van der Waals surface area contributed by atoms with Crippen LogP contribution in [-0.2, 0) is 14.3 Å². The van der Waals surface area contributed by atoms with Crippen LogP contribution >= 0.6 is 11.8 Å². The van der Waals surface area contributed by atoms with E-state index in [1.807, 2.05) is 71.4 Å². The number of anilines is 1. The molecule has 0 fully saturated rings. The molecule has 1 aliphatic heterocycles. The number of nitrogens with zero attached hydrogens (tertiary/aromatic N) is 3. The lowest BCUT2D eigenvalue weighted by Gasteiger charge is -2.24. The maximum absolute atomic E-state index is 13.9. The number of carbonyl (C=O) groups excluding carboxylic acids is 2. The first-order valence-electron chi connectivity index (χ1n) is 14.0. The molecule has 8 nitrogen and oxygen atoms in total. The molecule has 42 heavy (non-hydrogen) atoms. The number of ether oxygens (including phenoxy) is 2. The highest BCUT2D eigenvalue weighted by atomic mass is 32.2. The van der Waals surface area contributed by atoms with Crippen LogP contribution in [-0.4, -0.2) is 61.3 Å². The Morgan fingerprint density at radius 3 is 2.55 bits per heavy atom. The number of hydrogen-bond acceptors (Lipinski definition) is 6. The summed E-state index contributed by atoms with van der Waals surface area (Å²) in [5.41, 5.74) is 6.52. The summed E-state index contributed by atoms with van der Waals surface area (Å²) in [6.07, 6.45) is 0.686. The van der Waals surface area contributed by atoms with Crippen molar-refractivity contribution in [1.82, 2.24) is 15.1 Å². The number of methoxy groups -OCH3 is 2. The average Bonchev–Trinajstić information content (AvgIpc) is 3.33. The second-order valence-corrected chi connectivity index (χ2v) is 11.3. The van der Waals surface area contributed by atoms with E-state index in [1.165, 1.54) is 11.8 Å². The summed E-state index contributed by atoms with van der Waals surface area (Å²) in [4.78, 5) is 28.8. The molecule has 0 saturated carbocycles. The van der Waals surface area contributed by atoms with Crippen molar-refractivity contribution in [2.45, 2.75) is 25.5 Å². The Morgan fingerprint density at radius 1 is 1.02 bits per heavy atom. The Kier molecular flexibility index (Phi) is 9.29. The van der Waals surface area contributed by atoms with Crippen molar-refractivity contribution in [3.63, 3.8) is 0 Å². The van der Waals surface area contributed by atoms with Gasteiger partial charge >= 0.3 is 0 Å².